The van der Waals surface area contributed by atoms with Crippen LogP contribution in [0.5, 0.6) is 11.5 Å². The molecule has 4 rings (SSSR count). The number of para-hydroxylation sites is 4. The molecule has 35 heavy (non-hydrogen) atoms. The number of imidazole rings is 1. The number of amides is 1. The van der Waals surface area contributed by atoms with Crippen LogP contribution in [-0.2, 0) is 24.2 Å². The summed E-state index contributed by atoms with van der Waals surface area (Å²) in [4.78, 5) is 17.2. The van der Waals surface area contributed by atoms with Crippen molar-refractivity contribution in [3.8, 4) is 11.5 Å². The van der Waals surface area contributed by atoms with Crippen LogP contribution in [0.3, 0.4) is 0 Å². The van der Waals surface area contributed by atoms with Gasteiger partial charge in [0.05, 0.1) is 31.2 Å². The maximum Gasteiger partial charge on any atom is 0.224 e. The summed E-state index contributed by atoms with van der Waals surface area (Å²) in [5.74, 6) is 2.47. The number of aromatic nitrogens is 2. The predicted octanol–water partition coefficient (Wildman–Crippen LogP) is 5.46. The van der Waals surface area contributed by atoms with E-state index in [0.29, 0.717) is 18.2 Å². The molecule has 0 aliphatic rings. The SMILES string of the molecule is COc1ccccc1OCCCn1c(CCCNC(=O)Cc2ccccc2Cl)nc2ccccc21. The lowest BCUT2D eigenvalue weighted by Gasteiger charge is -2.12. The van der Waals surface area contributed by atoms with Gasteiger partial charge in [-0.25, -0.2) is 4.98 Å². The average Bonchev–Trinajstić information content (AvgIpc) is 3.23. The molecule has 1 N–H and O–H groups in total. The van der Waals surface area contributed by atoms with E-state index in [1.807, 2.05) is 60.7 Å². The third-order valence-corrected chi connectivity index (χ3v) is 6.16. The minimum atomic E-state index is -0.0277. The number of hydrogen-bond donors (Lipinski definition) is 1. The molecule has 0 spiro atoms. The average molecular weight is 492 g/mol. The van der Waals surface area contributed by atoms with Gasteiger partial charge < -0.3 is 19.4 Å². The molecule has 0 saturated carbocycles. The lowest BCUT2D eigenvalue weighted by atomic mass is 10.1. The Labute approximate surface area is 210 Å². The number of carbonyl (C=O) groups excluding carboxylic acids is 1. The first-order chi connectivity index (χ1) is 17.2. The molecule has 1 amide bonds. The highest BCUT2D eigenvalue weighted by atomic mass is 35.5. The quantitative estimate of drug-likeness (QED) is 0.267. The molecule has 0 aliphatic carbocycles. The number of ether oxygens (including phenoxy) is 2. The standard InChI is InChI=1S/C28H30ClN3O3/c1-34-25-14-6-7-15-26(25)35-19-9-18-32-24-13-5-4-12-23(24)31-27(32)16-8-17-30-28(33)20-21-10-2-3-11-22(21)29/h2-7,10-15H,8-9,16-20H2,1H3,(H,30,33). The summed E-state index contributed by atoms with van der Waals surface area (Å²) >= 11 is 6.16. The van der Waals surface area contributed by atoms with Crippen molar-refractivity contribution in [2.24, 2.45) is 0 Å². The van der Waals surface area contributed by atoms with Gasteiger partial charge in [0.25, 0.3) is 0 Å². The van der Waals surface area contributed by atoms with E-state index in [-0.39, 0.29) is 12.3 Å². The zero-order valence-electron chi connectivity index (χ0n) is 19.9. The monoisotopic (exact) mass is 491 g/mol. The van der Waals surface area contributed by atoms with Gasteiger partial charge in [-0.15, -0.1) is 0 Å². The Balaban J connectivity index is 1.30. The smallest absolute Gasteiger partial charge is 0.224 e. The van der Waals surface area contributed by atoms with Crippen LogP contribution in [0.25, 0.3) is 11.0 Å². The summed E-state index contributed by atoms with van der Waals surface area (Å²) in [6, 6.07) is 23.3. The summed E-state index contributed by atoms with van der Waals surface area (Å²) in [5.41, 5.74) is 2.93. The number of benzene rings is 3. The fourth-order valence-electron chi connectivity index (χ4n) is 4.06. The molecule has 0 atom stereocenters. The normalized spacial score (nSPS) is 10.9. The molecule has 0 fully saturated rings. The van der Waals surface area contributed by atoms with E-state index < -0.39 is 0 Å². The zero-order chi connectivity index (χ0) is 24.5. The molecule has 1 heterocycles. The Hall–Kier alpha value is -3.51. The van der Waals surface area contributed by atoms with Crippen LogP contribution in [0.4, 0.5) is 0 Å². The van der Waals surface area contributed by atoms with Gasteiger partial charge in [-0.2, -0.15) is 0 Å². The van der Waals surface area contributed by atoms with Gasteiger partial charge in [0, 0.05) is 24.5 Å². The van der Waals surface area contributed by atoms with Crippen molar-refractivity contribution in [2.45, 2.75) is 32.2 Å². The minimum Gasteiger partial charge on any atom is -0.493 e. The number of fused-ring (bicyclic) bond motifs is 1. The first-order valence-corrected chi connectivity index (χ1v) is 12.2. The van der Waals surface area contributed by atoms with E-state index in [2.05, 4.69) is 16.0 Å². The van der Waals surface area contributed by atoms with Crippen molar-refractivity contribution in [1.82, 2.24) is 14.9 Å². The van der Waals surface area contributed by atoms with E-state index in [9.17, 15) is 4.79 Å². The molecule has 0 unspecified atom stereocenters. The first kappa shape index (κ1) is 24.6. The molecule has 1 aromatic heterocycles. The number of nitrogens with zero attached hydrogens (tertiary/aromatic N) is 2. The highest BCUT2D eigenvalue weighted by Crippen LogP contribution is 2.26. The summed E-state index contributed by atoms with van der Waals surface area (Å²) in [5, 5.41) is 3.61. The Morgan fingerprint density at radius 2 is 1.71 bits per heavy atom. The molecule has 0 saturated heterocycles. The molecule has 6 nitrogen and oxygen atoms in total. The molecular weight excluding hydrogens is 462 g/mol. The van der Waals surface area contributed by atoms with Crippen LogP contribution < -0.4 is 14.8 Å². The zero-order valence-corrected chi connectivity index (χ0v) is 20.6. The lowest BCUT2D eigenvalue weighted by molar-refractivity contribution is -0.120. The van der Waals surface area contributed by atoms with Gasteiger partial charge in [-0.05, 0) is 48.7 Å². The van der Waals surface area contributed by atoms with Crippen LogP contribution in [-0.4, -0.2) is 35.7 Å². The fraction of sp³-hybridized carbons (Fsp3) is 0.286. The summed E-state index contributed by atoms with van der Waals surface area (Å²) in [6.45, 7) is 1.96. The van der Waals surface area contributed by atoms with Crippen molar-refractivity contribution in [1.29, 1.82) is 0 Å². The van der Waals surface area contributed by atoms with Crippen molar-refractivity contribution >= 4 is 28.5 Å². The molecule has 3 aromatic carbocycles. The Morgan fingerprint density at radius 3 is 2.54 bits per heavy atom. The van der Waals surface area contributed by atoms with E-state index >= 15 is 0 Å². The second-order valence-corrected chi connectivity index (χ2v) is 8.65. The molecule has 182 valence electrons. The van der Waals surface area contributed by atoms with Gasteiger partial charge in [0.1, 0.15) is 5.82 Å². The maximum absolute atomic E-state index is 12.3. The largest absolute Gasteiger partial charge is 0.493 e. The van der Waals surface area contributed by atoms with E-state index in [4.69, 9.17) is 26.1 Å². The molecule has 0 aliphatic heterocycles. The van der Waals surface area contributed by atoms with E-state index in [1.54, 1.807) is 13.2 Å². The number of aryl methyl sites for hydroxylation is 2. The van der Waals surface area contributed by atoms with Gasteiger partial charge >= 0.3 is 0 Å². The number of hydrogen-bond acceptors (Lipinski definition) is 4. The van der Waals surface area contributed by atoms with Crippen LogP contribution in [0.2, 0.25) is 5.02 Å². The molecule has 7 heteroatoms. The summed E-state index contributed by atoms with van der Waals surface area (Å²) in [7, 11) is 1.64. The number of nitrogens with one attached hydrogen (secondary N) is 1. The number of methoxy groups -OCH3 is 1. The van der Waals surface area contributed by atoms with Gasteiger partial charge in [-0.3, -0.25) is 4.79 Å². The topological polar surface area (TPSA) is 65.4 Å². The van der Waals surface area contributed by atoms with Gasteiger partial charge in [0.15, 0.2) is 11.5 Å². The third-order valence-electron chi connectivity index (χ3n) is 5.79. The van der Waals surface area contributed by atoms with Crippen LogP contribution in [0.1, 0.15) is 24.2 Å². The summed E-state index contributed by atoms with van der Waals surface area (Å²) in [6.07, 6.45) is 2.69. The number of rotatable bonds is 12. The van der Waals surface area contributed by atoms with E-state index in [1.165, 1.54) is 0 Å². The minimum absolute atomic E-state index is 0.0277. The van der Waals surface area contributed by atoms with Gasteiger partial charge in [-0.1, -0.05) is 54.1 Å². The Bertz CT molecular complexity index is 1270. The maximum atomic E-state index is 12.3. The molecular formula is C28H30ClN3O3. The lowest BCUT2D eigenvalue weighted by Crippen LogP contribution is -2.26. The first-order valence-electron chi connectivity index (χ1n) is 11.9. The summed E-state index contributed by atoms with van der Waals surface area (Å²) < 4.78 is 13.6. The van der Waals surface area contributed by atoms with Crippen molar-refractivity contribution < 1.29 is 14.3 Å². The second kappa shape index (κ2) is 12.3. The van der Waals surface area contributed by atoms with Crippen LogP contribution in [0, 0.1) is 0 Å². The third kappa shape index (κ3) is 6.55. The van der Waals surface area contributed by atoms with Crippen LogP contribution >= 0.6 is 11.6 Å². The highest BCUT2D eigenvalue weighted by Gasteiger charge is 2.11. The van der Waals surface area contributed by atoms with Crippen molar-refractivity contribution in [3.63, 3.8) is 0 Å². The molecule has 4 aromatic rings. The predicted molar refractivity (Wildman–Crippen MR) is 139 cm³/mol. The highest BCUT2D eigenvalue weighted by molar-refractivity contribution is 6.31. The molecule has 0 radical (unpaired) electrons. The van der Waals surface area contributed by atoms with Crippen molar-refractivity contribution in [3.05, 3.63) is 89.2 Å². The fourth-order valence-corrected chi connectivity index (χ4v) is 4.26. The number of halogens is 1. The van der Waals surface area contributed by atoms with Crippen molar-refractivity contribution in [2.75, 3.05) is 20.3 Å². The van der Waals surface area contributed by atoms with E-state index in [0.717, 1.165) is 59.7 Å². The Kier molecular flexibility index (Phi) is 8.63. The second-order valence-electron chi connectivity index (χ2n) is 8.24. The Morgan fingerprint density at radius 1 is 0.971 bits per heavy atom. The van der Waals surface area contributed by atoms with Crippen LogP contribution in [0.15, 0.2) is 72.8 Å². The van der Waals surface area contributed by atoms with Gasteiger partial charge in [0.2, 0.25) is 5.91 Å². The molecule has 0 bridgehead atoms. The number of carbonyl (C=O) groups is 1.